The Bertz CT molecular complexity index is 700. The molecule has 0 bridgehead atoms. The summed E-state index contributed by atoms with van der Waals surface area (Å²) in [4.78, 5) is 14.9. The number of aromatic nitrogens is 3. The molecule has 3 atom stereocenters. The van der Waals surface area contributed by atoms with E-state index in [0.717, 1.165) is 30.8 Å². The summed E-state index contributed by atoms with van der Waals surface area (Å²) in [6.45, 7) is 2.04. The highest BCUT2D eigenvalue weighted by atomic mass is 16.5. The fourth-order valence-corrected chi connectivity index (χ4v) is 3.66. The van der Waals surface area contributed by atoms with Gasteiger partial charge in [0.15, 0.2) is 0 Å². The third kappa shape index (κ3) is 3.43. The summed E-state index contributed by atoms with van der Waals surface area (Å²) in [6.07, 6.45) is 7.32. The quantitative estimate of drug-likeness (QED) is 0.821. The average molecular weight is 342 g/mol. The summed E-state index contributed by atoms with van der Waals surface area (Å²) in [6, 6.07) is 6.11. The van der Waals surface area contributed by atoms with E-state index in [0.29, 0.717) is 19.1 Å². The molecule has 4 rings (SSSR count). The minimum absolute atomic E-state index is 0.0615. The highest BCUT2D eigenvalue weighted by Gasteiger charge is 2.44. The van der Waals surface area contributed by atoms with Gasteiger partial charge in [-0.1, -0.05) is 6.07 Å². The predicted molar refractivity (Wildman–Crippen MR) is 91.5 cm³/mol. The zero-order valence-electron chi connectivity index (χ0n) is 14.2. The van der Waals surface area contributed by atoms with Gasteiger partial charge in [0.1, 0.15) is 18.2 Å². The molecule has 7 heteroatoms. The van der Waals surface area contributed by atoms with Crippen LogP contribution in [0.25, 0.3) is 0 Å². The van der Waals surface area contributed by atoms with Crippen LogP contribution in [0.2, 0.25) is 0 Å². The third-order valence-corrected chi connectivity index (χ3v) is 4.85. The lowest BCUT2D eigenvalue weighted by atomic mass is 10.1. The van der Waals surface area contributed by atoms with Crippen LogP contribution in [0.3, 0.4) is 0 Å². The molecule has 0 amide bonds. The molecule has 2 aromatic heterocycles. The molecule has 0 N–H and O–H groups in total. The molecular formula is C18H22N4O3. The fourth-order valence-electron chi connectivity index (χ4n) is 3.66. The Morgan fingerprint density at radius 3 is 3.12 bits per heavy atom. The van der Waals surface area contributed by atoms with Crippen molar-refractivity contribution in [3.8, 4) is 5.88 Å². The molecule has 7 nitrogen and oxygen atoms in total. The maximum atomic E-state index is 6.14. The monoisotopic (exact) mass is 342 g/mol. The molecule has 0 spiro atoms. The Labute approximate surface area is 147 Å². The van der Waals surface area contributed by atoms with Gasteiger partial charge in [0, 0.05) is 25.0 Å². The molecule has 1 aliphatic carbocycles. The van der Waals surface area contributed by atoms with Crippen LogP contribution in [0.4, 0.5) is 5.82 Å². The number of anilines is 1. The zero-order valence-corrected chi connectivity index (χ0v) is 14.2. The minimum Gasteiger partial charge on any atom is -0.481 e. The molecule has 2 aliphatic rings. The summed E-state index contributed by atoms with van der Waals surface area (Å²) in [7, 11) is 1.62. The van der Waals surface area contributed by atoms with Crippen molar-refractivity contribution in [1.29, 1.82) is 0 Å². The predicted octanol–water partition coefficient (Wildman–Crippen LogP) is 1.83. The van der Waals surface area contributed by atoms with Crippen molar-refractivity contribution in [2.75, 3.05) is 25.2 Å². The highest BCUT2D eigenvalue weighted by molar-refractivity contribution is 5.43. The number of fused-ring (bicyclic) bond motifs is 1. The molecule has 0 unspecified atom stereocenters. The van der Waals surface area contributed by atoms with Crippen molar-refractivity contribution in [3.63, 3.8) is 0 Å². The zero-order chi connectivity index (χ0) is 17.1. The van der Waals surface area contributed by atoms with E-state index in [2.05, 4.69) is 19.9 Å². The third-order valence-electron chi connectivity index (χ3n) is 4.85. The number of rotatable bonds is 5. The lowest BCUT2D eigenvalue weighted by Gasteiger charge is -2.39. The molecule has 1 saturated carbocycles. The fraction of sp³-hybridized carbons (Fsp3) is 0.500. The largest absolute Gasteiger partial charge is 0.481 e. The van der Waals surface area contributed by atoms with Gasteiger partial charge in [-0.2, -0.15) is 0 Å². The van der Waals surface area contributed by atoms with Crippen molar-refractivity contribution in [2.45, 2.75) is 37.7 Å². The molecule has 2 aromatic rings. The molecule has 0 aromatic carbocycles. The van der Waals surface area contributed by atoms with Gasteiger partial charge < -0.3 is 19.1 Å². The molecule has 1 saturated heterocycles. The van der Waals surface area contributed by atoms with Gasteiger partial charge in [-0.3, -0.25) is 4.98 Å². The van der Waals surface area contributed by atoms with Gasteiger partial charge >= 0.3 is 0 Å². The van der Waals surface area contributed by atoms with Crippen LogP contribution in [0, 0.1) is 0 Å². The number of hydrogen-bond donors (Lipinski definition) is 0. The van der Waals surface area contributed by atoms with Gasteiger partial charge in [0.05, 0.1) is 32.5 Å². The summed E-state index contributed by atoms with van der Waals surface area (Å²) in [5, 5.41) is 0. The van der Waals surface area contributed by atoms with Gasteiger partial charge in [0.25, 0.3) is 0 Å². The molecule has 25 heavy (non-hydrogen) atoms. The van der Waals surface area contributed by atoms with E-state index in [4.69, 9.17) is 14.2 Å². The van der Waals surface area contributed by atoms with Gasteiger partial charge in [0.2, 0.25) is 5.88 Å². The number of hydrogen-bond acceptors (Lipinski definition) is 7. The topological polar surface area (TPSA) is 69.6 Å². The highest BCUT2D eigenvalue weighted by Crippen LogP contribution is 2.35. The average Bonchev–Trinajstić information content (AvgIpc) is 3.10. The van der Waals surface area contributed by atoms with Crippen LogP contribution in [0.5, 0.6) is 5.88 Å². The summed E-state index contributed by atoms with van der Waals surface area (Å²) < 4.78 is 17.4. The second-order valence-electron chi connectivity index (χ2n) is 6.30. The molecule has 1 aliphatic heterocycles. The SMILES string of the molecule is COc1cc(N2CCO[C@H]3[C@@H](OCc4cccnc4)CC[C@@H]32)ncn1. The number of methoxy groups -OCH3 is 1. The summed E-state index contributed by atoms with van der Waals surface area (Å²) in [5.41, 5.74) is 1.08. The van der Waals surface area contributed by atoms with E-state index >= 15 is 0 Å². The van der Waals surface area contributed by atoms with E-state index in [-0.39, 0.29) is 18.2 Å². The van der Waals surface area contributed by atoms with Gasteiger partial charge in [-0.15, -0.1) is 0 Å². The number of pyridine rings is 1. The molecule has 132 valence electrons. The Hall–Kier alpha value is -2.25. The summed E-state index contributed by atoms with van der Waals surface area (Å²) >= 11 is 0. The number of ether oxygens (including phenoxy) is 3. The van der Waals surface area contributed by atoms with Crippen LogP contribution in [0.15, 0.2) is 36.9 Å². The maximum Gasteiger partial charge on any atom is 0.218 e. The van der Waals surface area contributed by atoms with Crippen molar-refractivity contribution >= 4 is 5.82 Å². The Morgan fingerprint density at radius 2 is 2.28 bits per heavy atom. The maximum absolute atomic E-state index is 6.14. The first kappa shape index (κ1) is 16.2. The van der Waals surface area contributed by atoms with Crippen molar-refractivity contribution in [1.82, 2.24) is 15.0 Å². The van der Waals surface area contributed by atoms with Crippen LogP contribution in [0.1, 0.15) is 18.4 Å². The van der Waals surface area contributed by atoms with E-state index in [1.807, 2.05) is 24.4 Å². The van der Waals surface area contributed by atoms with Crippen LogP contribution in [-0.4, -0.2) is 53.5 Å². The van der Waals surface area contributed by atoms with Crippen LogP contribution >= 0.6 is 0 Å². The standard InChI is InChI=1S/C18H22N4O3/c1-23-17-9-16(20-12-21-17)22-7-8-24-18-14(22)4-5-15(18)25-11-13-3-2-6-19-10-13/h2-3,6,9-10,12,14-15,18H,4-5,7-8,11H2,1H3/t14-,15-,18+/m0/s1. The van der Waals surface area contributed by atoms with Gasteiger partial charge in [-0.25, -0.2) is 9.97 Å². The first-order valence-corrected chi connectivity index (χ1v) is 8.60. The lowest BCUT2D eigenvalue weighted by molar-refractivity contribution is -0.0772. The first-order valence-electron chi connectivity index (χ1n) is 8.60. The summed E-state index contributed by atoms with van der Waals surface area (Å²) in [5.74, 6) is 1.47. The normalized spacial score (nSPS) is 25.6. The second-order valence-corrected chi connectivity index (χ2v) is 6.30. The van der Waals surface area contributed by atoms with E-state index in [1.165, 1.54) is 0 Å². The molecule has 2 fully saturated rings. The van der Waals surface area contributed by atoms with Crippen LogP contribution < -0.4 is 9.64 Å². The molecule has 0 radical (unpaired) electrons. The molecular weight excluding hydrogens is 320 g/mol. The molecule has 3 heterocycles. The lowest BCUT2D eigenvalue weighted by Crippen LogP contribution is -2.52. The van der Waals surface area contributed by atoms with Crippen molar-refractivity contribution < 1.29 is 14.2 Å². The first-order chi connectivity index (χ1) is 12.3. The number of morpholine rings is 1. The Morgan fingerprint density at radius 1 is 1.32 bits per heavy atom. The van der Waals surface area contributed by atoms with Crippen LogP contribution in [-0.2, 0) is 16.1 Å². The van der Waals surface area contributed by atoms with Gasteiger partial charge in [-0.05, 0) is 24.5 Å². The van der Waals surface area contributed by atoms with E-state index < -0.39 is 0 Å². The Balaban J connectivity index is 1.44. The van der Waals surface area contributed by atoms with E-state index in [1.54, 1.807) is 19.6 Å². The number of nitrogens with zero attached hydrogens (tertiary/aromatic N) is 4. The Kier molecular flexibility index (Phi) is 4.76. The second kappa shape index (κ2) is 7.33. The smallest absolute Gasteiger partial charge is 0.218 e. The minimum atomic E-state index is 0.0615. The van der Waals surface area contributed by atoms with Crippen molar-refractivity contribution in [2.24, 2.45) is 0 Å². The van der Waals surface area contributed by atoms with E-state index in [9.17, 15) is 0 Å². The van der Waals surface area contributed by atoms with Crippen molar-refractivity contribution in [3.05, 3.63) is 42.5 Å².